The third-order valence-electron chi connectivity index (χ3n) is 4.28. The minimum Gasteiger partial charge on any atom is -0.497 e. The van der Waals surface area contributed by atoms with Gasteiger partial charge in [0.1, 0.15) is 22.9 Å². The molecule has 0 unspecified atom stereocenters. The third kappa shape index (κ3) is 3.76. The number of methoxy groups -OCH3 is 1. The number of ether oxygens (including phenoxy) is 2. The highest BCUT2D eigenvalue weighted by molar-refractivity contribution is 5.88. The van der Waals surface area contributed by atoms with Gasteiger partial charge in [0.15, 0.2) is 0 Å². The number of hydrogen-bond acceptors (Lipinski definition) is 4. The van der Waals surface area contributed by atoms with Gasteiger partial charge in [-0.2, -0.15) is 5.10 Å². The standard InChI is InChI=1S/C19H26N4O3/c1-13(2)23-17(8-9-20-23)21-18(24)22-11-14-6-7-15(25-5)10-16(14)26-19(3,4)12-22/h6-10,13H,11-12H2,1-5H3,(H,21,24). The topological polar surface area (TPSA) is 68.6 Å². The average molecular weight is 358 g/mol. The fourth-order valence-corrected chi connectivity index (χ4v) is 3.10. The summed E-state index contributed by atoms with van der Waals surface area (Å²) in [6.07, 6.45) is 1.69. The van der Waals surface area contributed by atoms with Crippen LogP contribution in [0.4, 0.5) is 10.6 Å². The summed E-state index contributed by atoms with van der Waals surface area (Å²) < 4.78 is 13.2. The molecule has 0 bridgehead atoms. The van der Waals surface area contributed by atoms with E-state index >= 15 is 0 Å². The monoisotopic (exact) mass is 358 g/mol. The lowest BCUT2D eigenvalue weighted by Gasteiger charge is -2.29. The molecule has 0 radical (unpaired) electrons. The number of carbonyl (C=O) groups is 1. The third-order valence-corrected chi connectivity index (χ3v) is 4.28. The van der Waals surface area contributed by atoms with Gasteiger partial charge in [0.25, 0.3) is 0 Å². The van der Waals surface area contributed by atoms with Crippen molar-refractivity contribution >= 4 is 11.8 Å². The molecule has 0 atom stereocenters. The molecule has 1 aliphatic rings. The molecule has 0 fully saturated rings. The Morgan fingerprint density at radius 1 is 1.35 bits per heavy atom. The first kappa shape index (κ1) is 18.1. The van der Waals surface area contributed by atoms with E-state index in [0.717, 1.165) is 17.1 Å². The van der Waals surface area contributed by atoms with Gasteiger partial charge in [0.05, 0.1) is 26.4 Å². The Morgan fingerprint density at radius 3 is 2.81 bits per heavy atom. The number of hydrogen-bond donors (Lipinski definition) is 1. The molecule has 7 nitrogen and oxygen atoms in total. The number of nitrogens with one attached hydrogen (secondary N) is 1. The summed E-state index contributed by atoms with van der Waals surface area (Å²) in [4.78, 5) is 14.7. The number of carbonyl (C=O) groups excluding carboxylic acids is 1. The van der Waals surface area contributed by atoms with Crippen molar-refractivity contribution in [3.8, 4) is 11.5 Å². The highest BCUT2D eigenvalue weighted by atomic mass is 16.5. The second-order valence-electron chi connectivity index (χ2n) is 7.38. The van der Waals surface area contributed by atoms with E-state index in [9.17, 15) is 4.79 Å². The predicted molar refractivity (Wildman–Crippen MR) is 99.7 cm³/mol. The van der Waals surface area contributed by atoms with Crippen molar-refractivity contribution in [3.05, 3.63) is 36.0 Å². The summed E-state index contributed by atoms with van der Waals surface area (Å²) in [5.74, 6) is 2.16. The highest BCUT2D eigenvalue weighted by Crippen LogP contribution is 2.32. The maximum Gasteiger partial charge on any atom is 0.323 e. The molecule has 2 aromatic rings. The average Bonchev–Trinajstić information content (AvgIpc) is 2.97. The minimum absolute atomic E-state index is 0.164. The van der Waals surface area contributed by atoms with E-state index in [1.54, 1.807) is 29.0 Å². The molecule has 7 heteroatoms. The second-order valence-corrected chi connectivity index (χ2v) is 7.38. The quantitative estimate of drug-likeness (QED) is 0.909. The summed E-state index contributed by atoms with van der Waals surface area (Å²) in [6.45, 7) is 8.92. The van der Waals surface area contributed by atoms with E-state index in [0.29, 0.717) is 18.9 Å². The molecule has 0 aliphatic carbocycles. The molecule has 2 amide bonds. The number of amides is 2. The molecular formula is C19H26N4O3. The minimum atomic E-state index is -0.521. The lowest BCUT2D eigenvalue weighted by atomic mass is 10.1. The zero-order valence-corrected chi connectivity index (χ0v) is 15.9. The summed E-state index contributed by atoms with van der Waals surface area (Å²) in [7, 11) is 1.63. The van der Waals surface area contributed by atoms with E-state index in [1.807, 2.05) is 45.9 Å². The van der Waals surface area contributed by atoms with Gasteiger partial charge in [-0.3, -0.25) is 5.32 Å². The highest BCUT2D eigenvalue weighted by Gasteiger charge is 2.32. The summed E-state index contributed by atoms with van der Waals surface area (Å²) in [5.41, 5.74) is 0.427. The van der Waals surface area contributed by atoms with Crippen molar-refractivity contribution in [3.63, 3.8) is 0 Å². The van der Waals surface area contributed by atoms with E-state index in [2.05, 4.69) is 10.4 Å². The van der Waals surface area contributed by atoms with Crippen LogP contribution in [0.25, 0.3) is 0 Å². The number of nitrogens with zero attached hydrogens (tertiary/aromatic N) is 3. The van der Waals surface area contributed by atoms with E-state index in [4.69, 9.17) is 9.47 Å². The number of benzene rings is 1. The number of aromatic nitrogens is 2. The van der Waals surface area contributed by atoms with Crippen molar-refractivity contribution in [1.29, 1.82) is 0 Å². The molecule has 140 valence electrons. The van der Waals surface area contributed by atoms with Crippen LogP contribution in [-0.4, -0.2) is 40.0 Å². The molecule has 26 heavy (non-hydrogen) atoms. The molecule has 3 rings (SSSR count). The zero-order valence-electron chi connectivity index (χ0n) is 15.9. The fourth-order valence-electron chi connectivity index (χ4n) is 3.10. The maximum absolute atomic E-state index is 12.9. The summed E-state index contributed by atoms with van der Waals surface area (Å²) in [5, 5.41) is 7.23. The smallest absolute Gasteiger partial charge is 0.323 e. The molecule has 1 N–H and O–H groups in total. The Kier molecular flexibility index (Phi) is 4.80. The maximum atomic E-state index is 12.9. The largest absolute Gasteiger partial charge is 0.497 e. The van der Waals surface area contributed by atoms with E-state index in [-0.39, 0.29) is 12.1 Å². The van der Waals surface area contributed by atoms with Gasteiger partial charge in [-0.15, -0.1) is 0 Å². The van der Waals surface area contributed by atoms with Gasteiger partial charge in [0, 0.05) is 23.7 Å². The van der Waals surface area contributed by atoms with Crippen LogP contribution in [0.2, 0.25) is 0 Å². The normalized spacial score (nSPS) is 15.8. The molecule has 1 aliphatic heterocycles. The fraction of sp³-hybridized carbons (Fsp3) is 0.474. The van der Waals surface area contributed by atoms with Crippen molar-refractivity contribution in [2.24, 2.45) is 0 Å². The number of rotatable bonds is 3. The van der Waals surface area contributed by atoms with Crippen LogP contribution < -0.4 is 14.8 Å². The number of urea groups is 1. The lowest BCUT2D eigenvalue weighted by Crippen LogP contribution is -2.45. The number of anilines is 1. The van der Waals surface area contributed by atoms with Crippen LogP contribution in [-0.2, 0) is 6.54 Å². The van der Waals surface area contributed by atoms with Gasteiger partial charge in [-0.25, -0.2) is 9.48 Å². The second kappa shape index (κ2) is 6.90. The lowest BCUT2D eigenvalue weighted by molar-refractivity contribution is 0.0832. The van der Waals surface area contributed by atoms with Crippen LogP contribution >= 0.6 is 0 Å². The Labute approximate surface area is 153 Å². The molecule has 1 aromatic heterocycles. The predicted octanol–water partition coefficient (Wildman–Crippen LogP) is 3.68. The molecule has 2 heterocycles. The Bertz CT molecular complexity index is 798. The summed E-state index contributed by atoms with van der Waals surface area (Å²) in [6, 6.07) is 7.48. The van der Waals surface area contributed by atoms with Crippen LogP contribution in [0.1, 0.15) is 39.3 Å². The molecule has 0 saturated heterocycles. The van der Waals surface area contributed by atoms with E-state index in [1.165, 1.54) is 0 Å². The zero-order chi connectivity index (χ0) is 18.9. The molecule has 0 saturated carbocycles. The van der Waals surface area contributed by atoms with Crippen LogP contribution in [0.15, 0.2) is 30.5 Å². The Hall–Kier alpha value is -2.70. The van der Waals surface area contributed by atoms with Crippen LogP contribution in [0.5, 0.6) is 11.5 Å². The van der Waals surface area contributed by atoms with Gasteiger partial charge in [0.2, 0.25) is 0 Å². The van der Waals surface area contributed by atoms with Gasteiger partial charge in [-0.1, -0.05) is 0 Å². The Morgan fingerprint density at radius 2 is 2.12 bits per heavy atom. The van der Waals surface area contributed by atoms with E-state index < -0.39 is 5.60 Å². The first-order chi connectivity index (χ1) is 12.3. The van der Waals surface area contributed by atoms with Gasteiger partial charge in [-0.05, 0) is 39.8 Å². The van der Waals surface area contributed by atoms with Crippen molar-refractivity contribution in [2.45, 2.75) is 45.9 Å². The van der Waals surface area contributed by atoms with Crippen LogP contribution in [0.3, 0.4) is 0 Å². The summed E-state index contributed by atoms with van der Waals surface area (Å²) >= 11 is 0. The van der Waals surface area contributed by atoms with Gasteiger partial charge >= 0.3 is 6.03 Å². The van der Waals surface area contributed by atoms with Gasteiger partial charge < -0.3 is 14.4 Å². The Balaban J connectivity index is 1.84. The van der Waals surface area contributed by atoms with Crippen molar-refractivity contribution < 1.29 is 14.3 Å². The SMILES string of the molecule is COc1ccc2c(c1)OC(C)(C)CN(C(=O)Nc1ccnn1C(C)C)C2. The van der Waals surface area contributed by atoms with Crippen LogP contribution in [0, 0.1) is 0 Å². The first-order valence-electron chi connectivity index (χ1n) is 8.74. The molecule has 1 aromatic carbocycles. The van der Waals surface area contributed by atoms with Crippen molar-refractivity contribution in [2.75, 3.05) is 19.0 Å². The first-order valence-corrected chi connectivity index (χ1v) is 8.74. The van der Waals surface area contributed by atoms with Crippen molar-refractivity contribution in [1.82, 2.24) is 14.7 Å². The number of fused-ring (bicyclic) bond motifs is 1. The molecule has 0 spiro atoms. The molecular weight excluding hydrogens is 332 g/mol.